The molecule has 1 N–H and O–H groups in total. The Labute approximate surface area is 133 Å². The second kappa shape index (κ2) is 5.25. The molecule has 0 saturated carbocycles. The van der Waals surface area contributed by atoms with Crippen LogP contribution in [0, 0.1) is 6.92 Å². The first-order chi connectivity index (χ1) is 11.2. The molecule has 2 aromatic carbocycles. The molecule has 0 fully saturated rings. The fraction of sp³-hybridized carbons (Fsp3) is 0.0526. The van der Waals surface area contributed by atoms with E-state index in [2.05, 4.69) is 10.1 Å². The number of hydrogen-bond donors (Lipinski definition) is 1. The number of nitrogens with zero attached hydrogens (tertiary/aromatic N) is 3. The minimum absolute atomic E-state index is 0.227. The van der Waals surface area contributed by atoms with Gasteiger partial charge in [0.2, 0.25) is 0 Å². The molecule has 112 valence electrons. The Morgan fingerprint density at radius 2 is 1.65 bits per heavy atom. The van der Waals surface area contributed by atoms with Crippen LogP contribution in [0.3, 0.4) is 0 Å². The minimum Gasteiger partial charge on any atom is -0.507 e. The molecule has 23 heavy (non-hydrogen) atoms. The molecule has 4 nitrogen and oxygen atoms in total. The molecular weight excluding hydrogens is 286 g/mol. The highest BCUT2D eigenvalue weighted by atomic mass is 16.3. The molecule has 0 amide bonds. The van der Waals surface area contributed by atoms with Crippen molar-refractivity contribution >= 4 is 5.65 Å². The molecule has 0 aliphatic rings. The number of aromatic hydroxyl groups is 1. The molecule has 2 heterocycles. The lowest BCUT2D eigenvalue weighted by Crippen LogP contribution is -2.00. The molecular formula is C19H15N3O. The fourth-order valence-electron chi connectivity index (χ4n) is 2.81. The van der Waals surface area contributed by atoms with Crippen LogP contribution in [0.2, 0.25) is 0 Å². The highest BCUT2D eigenvalue weighted by molar-refractivity contribution is 5.84. The van der Waals surface area contributed by atoms with E-state index in [0.717, 1.165) is 33.7 Å². The monoisotopic (exact) mass is 301 g/mol. The van der Waals surface area contributed by atoms with Crippen LogP contribution < -0.4 is 0 Å². The average Bonchev–Trinajstić information content (AvgIpc) is 2.96. The van der Waals surface area contributed by atoms with Gasteiger partial charge >= 0.3 is 0 Å². The number of fused-ring (bicyclic) bond motifs is 1. The van der Waals surface area contributed by atoms with E-state index in [9.17, 15) is 5.11 Å². The molecule has 4 aromatic rings. The van der Waals surface area contributed by atoms with Gasteiger partial charge in [0.25, 0.3) is 0 Å². The number of aryl methyl sites for hydroxylation is 1. The van der Waals surface area contributed by atoms with Crippen LogP contribution in [0.25, 0.3) is 28.0 Å². The van der Waals surface area contributed by atoms with Crippen molar-refractivity contribution in [1.29, 1.82) is 0 Å². The van der Waals surface area contributed by atoms with Crippen molar-refractivity contribution in [3.05, 3.63) is 72.6 Å². The SMILES string of the molecule is Cc1cc2ncc(-c3ccccc3)c(-c3ccccc3O)n2n1. The predicted octanol–water partition coefficient (Wildman–Crippen LogP) is 4.08. The van der Waals surface area contributed by atoms with E-state index >= 15 is 0 Å². The molecule has 0 aliphatic heterocycles. The first-order valence-electron chi connectivity index (χ1n) is 7.43. The number of hydrogen-bond acceptors (Lipinski definition) is 3. The predicted molar refractivity (Wildman–Crippen MR) is 90.3 cm³/mol. The number of rotatable bonds is 2. The average molecular weight is 301 g/mol. The number of aromatic nitrogens is 3. The Bertz CT molecular complexity index is 990. The standard InChI is InChI=1S/C19H15N3O/c1-13-11-18-20-12-16(14-7-3-2-4-8-14)19(22(18)21-13)15-9-5-6-10-17(15)23/h2-12,23H,1H3. The maximum atomic E-state index is 10.3. The van der Waals surface area contributed by atoms with E-state index in [4.69, 9.17) is 0 Å². The van der Waals surface area contributed by atoms with Crippen LogP contribution in [0.15, 0.2) is 66.9 Å². The highest BCUT2D eigenvalue weighted by Crippen LogP contribution is 2.36. The fourth-order valence-corrected chi connectivity index (χ4v) is 2.81. The summed E-state index contributed by atoms with van der Waals surface area (Å²) >= 11 is 0. The Hall–Kier alpha value is -3.14. The van der Waals surface area contributed by atoms with Crippen molar-refractivity contribution in [2.45, 2.75) is 6.92 Å². The molecule has 0 unspecified atom stereocenters. The van der Waals surface area contributed by atoms with Gasteiger partial charge in [0.1, 0.15) is 5.75 Å². The minimum atomic E-state index is 0.227. The van der Waals surface area contributed by atoms with Crippen molar-refractivity contribution in [2.75, 3.05) is 0 Å². The summed E-state index contributed by atoms with van der Waals surface area (Å²) in [6, 6.07) is 19.3. The van der Waals surface area contributed by atoms with E-state index in [1.165, 1.54) is 0 Å². The normalized spacial score (nSPS) is 11.0. The highest BCUT2D eigenvalue weighted by Gasteiger charge is 2.16. The van der Waals surface area contributed by atoms with E-state index in [0.29, 0.717) is 0 Å². The van der Waals surface area contributed by atoms with E-state index < -0.39 is 0 Å². The smallest absolute Gasteiger partial charge is 0.155 e. The Kier molecular flexibility index (Phi) is 3.08. The van der Waals surface area contributed by atoms with Crippen molar-refractivity contribution < 1.29 is 5.11 Å². The van der Waals surface area contributed by atoms with Crippen molar-refractivity contribution in [2.24, 2.45) is 0 Å². The van der Waals surface area contributed by atoms with E-state index in [1.807, 2.05) is 67.7 Å². The third-order valence-corrected chi connectivity index (χ3v) is 3.85. The molecule has 0 radical (unpaired) electrons. The van der Waals surface area contributed by atoms with Gasteiger partial charge in [0.05, 0.1) is 11.4 Å². The van der Waals surface area contributed by atoms with E-state index in [1.54, 1.807) is 10.6 Å². The van der Waals surface area contributed by atoms with Crippen molar-refractivity contribution in [3.63, 3.8) is 0 Å². The zero-order valence-electron chi connectivity index (χ0n) is 12.6. The van der Waals surface area contributed by atoms with Gasteiger partial charge in [-0.15, -0.1) is 0 Å². The number of para-hydroxylation sites is 1. The lowest BCUT2D eigenvalue weighted by Gasteiger charge is -2.13. The summed E-state index contributed by atoms with van der Waals surface area (Å²) in [5, 5.41) is 14.9. The largest absolute Gasteiger partial charge is 0.507 e. The Morgan fingerprint density at radius 3 is 2.43 bits per heavy atom. The van der Waals surface area contributed by atoms with Gasteiger partial charge in [-0.1, -0.05) is 42.5 Å². The van der Waals surface area contributed by atoms with Gasteiger partial charge in [0.15, 0.2) is 5.65 Å². The first-order valence-corrected chi connectivity index (χ1v) is 7.43. The van der Waals surface area contributed by atoms with Crippen LogP contribution in [0.5, 0.6) is 5.75 Å². The van der Waals surface area contributed by atoms with Gasteiger partial charge in [-0.2, -0.15) is 5.10 Å². The van der Waals surface area contributed by atoms with Crippen LogP contribution >= 0.6 is 0 Å². The molecule has 0 atom stereocenters. The molecule has 0 bridgehead atoms. The van der Waals surface area contributed by atoms with Crippen LogP contribution in [-0.2, 0) is 0 Å². The van der Waals surface area contributed by atoms with Crippen molar-refractivity contribution in [1.82, 2.24) is 14.6 Å². The number of benzene rings is 2. The quantitative estimate of drug-likeness (QED) is 0.607. The van der Waals surface area contributed by atoms with E-state index in [-0.39, 0.29) is 5.75 Å². The summed E-state index contributed by atoms with van der Waals surface area (Å²) in [6.07, 6.45) is 1.84. The second-order valence-corrected chi connectivity index (χ2v) is 5.46. The summed E-state index contributed by atoms with van der Waals surface area (Å²) in [4.78, 5) is 4.51. The topological polar surface area (TPSA) is 50.4 Å². The van der Waals surface area contributed by atoms with Crippen molar-refractivity contribution in [3.8, 4) is 28.1 Å². The number of phenols is 1. The van der Waals surface area contributed by atoms with Crippen LogP contribution in [0.4, 0.5) is 0 Å². The van der Waals surface area contributed by atoms with Gasteiger partial charge in [-0.3, -0.25) is 0 Å². The lowest BCUT2D eigenvalue weighted by molar-refractivity contribution is 0.477. The molecule has 4 rings (SSSR count). The summed E-state index contributed by atoms with van der Waals surface area (Å²) in [7, 11) is 0. The Balaban J connectivity index is 2.12. The van der Waals surface area contributed by atoms with Gasteiger partial charge in [-0.05, 0) is 24.6 Å². The summed E-state index contributed by atoms with van der Waals surface area (Å²) in [5.41, 5.74) is 5.20. The summed E-state index contributed by atoms with van der Waals surface area (Å²) in [5.74, 6) is 0.227. The molecule has 4 heteroatoms. The molecule has 0 spiro atoms. The number of phenolic OH excluding ortho intramolecular Hbond substituents is 1. The van der Waals surface area contributed by atoms with Gasteiger partial charge in [-0.25, -0.2) is 9.50 Å². The Morgan fingerprint density at radius 1 is 0.913 bits per heavy atom. The second-order valence-electron chi connectivity index (χ2n) is 5.46. The zero-order valence-corrected chi connectivity index (χ0v) is 12.6. The van der Waals surface area contributed by atoms with Crippen LogP contribution in [-0.4, -0.2) is 19.7 Å². The molecule has 0 saturated heterocycles. The van der Waals surface area contributed by atoms with Gasteiger partial charge in [0, 0.05) is 23.4 Å². The molecule has 0 aliphatic carbocycles. The molecule has 2 aromatic heterocycles. The zero-order chi connectivity index (χ0) is 15.8. The summed E-state index contributed by atoms with van der Waals surface area (Å²) < 4.78 is 1.80. The third-order valence-electron chi connectivity index (χ3n) is 3.85. The maximum absolute atomic E-state index is 10.3. The summed E-state index contributed by atoms with van der Waals surface area (Å²) in [6.45, 7) is 1.94. The van der Waals surface area contributed by atoms with Gasteiger partial charge < -0.3 is 5.11 Å². The third kappa shape index (κ3) is 2.25. The van der Waals surface area contributed by atoms with Crippen LogP contribution in [0.1, 0.15) is 5.69 Å². The first kappa shape index (κ1) is 13.5. The lowest BCUT2D eigenvalue weighted by atomic mass is 10.00. The maximum Gasteiger partial charge on any atom is 0.155 e.